The van der Waals surface area contributed by atoms with E-state index in [1.807, 2.05) is 41.2 Å². The summed E-state index contributed by atoms with van der Waals surface area (Å²) in [6.07, 6.45) is 5.29. The number of aryl methyl sites for hydroxylation is 1. The molecule has 0 saturated carbocycles. The Morgan fingerprint density at radius 1 is 1.16 bits per heavy atom. The molecule has 0 saturated heterocycles. The van der Waals surface area contributed by atoms with Gasteiger partial charge in [0.2, 0.25) is 0 Å². The zero-order valence-electron chi connectivity index (χ0n) is 14.3. The molecule has 3 aromatic rings. The molecule has 2 aromatic heterocycles. The van der Waals surface area contributed by atoms with E-state index >= 15 is 0 Å². The van der Waals surface area contributed by atoms with Crippen LogP contribution in [0, 0.1) is 0 Å². The molecule has 0 bridgehead atoms. The molecule has 2 heterocycles. The molecule has 0 spiro atoms. The van der Waals surface area contributed by atoms with Gasteiger partial charge < -0.3 is 9.47 Å². The van der Waals surface area contributed by atoms with Gasteiger partial charge in [0.1, 0.15) is 0 Å². The minimum absolute atomic E-state index is 0.187. The van der Waals surface area contributed by atoms with Gasteiger partial charge in [-0.1, -0.05) is 30.3 Å². The van der Waals surface area contributed by atoms with E-state index in [0.717, 1.165) is 5.56 Å². The molecule has 6 heteroatoms. The van der Waals surface area contributed by atoms with Crippen molar-refractivity contribution in [1.82, 2.24) is 19.2 Å². The summed E-state index contributed by atoms with van der Waals surface area (Å²) < 4.78 is 3.28. The van der Waals surface area contributed by atoms with Crippen LogP contribution in [0.15, 0.2) is 65.8 Å². The maximum atomic E-state index is 12.5. The van der Waals surface area contributed by atoms with Gasteiger partial charge in [0, 0.05) is 50.2 Å². The smallest absolute Gasteiger partial charge is 0.254 e. The quantitative estimate of drug-likeness (QED) is 0.715. The number of amides is 1. The Bertz CT molecular complexity index is 928. The highest BCUT2D eigenvalue weighted by atomic mass is 16.2. The van der Waals surface area contributed by atoms with Gasteiger partial charge >= 0.3 is 0 Å². The normalized spacial score (nSPS) is 10.6. The Hall–Kier alpha value is -3.15. The number of hydrogen-bond acceptors (Lipinski definition) is 3. The molecule has 0 atom stereocenters. The zero-order valence-corrected chi connectivity index (χ0v) is 14.3. The number of rotatable bonds is 5. The monoisotopic (exact) mass is 336 g/mol. The van der Waals surface area contributed by atoms with Crippen molar-refractivity contribution in [3.05, 3.63) is 88.1 Å². The van der Waals surface area contributed by atoms with Crippen molar-refractivity contribution in [2.24, 2.45) is 7.05 Å². The van der Waals surface area contributed by atoms with Gasteiger partial charge in [0.05, 0.1) is 12.7 Å². The minimum atomic E-state index is -0.199. The Labute approximate surface area is 145 Å². The van der Waals surface area contributed by atoms with Crippen LogP contribution >= 0.6 is 0 Å². The molecule has 1 aromatic carbocycles. The Morgan fingerprint density at radius 3 is 2.64 bits per heavy atom. The number of hydrogen-bond donors (Lipinski definition) is 0. The van der Waals surface area contributed by atoms with Gasteiger partial charge in [0.25, 0.3) is 11.5 Å². The third-order valence-corrected chi connectivity index (χ3v) is 3.99. The Balaban J connectivity index is 1.66. The molecule has 0 fully saturated rings. The van der Waals surface area contributed by atoms with Crippen LogP contribution in [0.1, 0.15) is 21.5 Å². The first kappa shape index (κ1) is 16.7. The fraction of sp³-hybridized carbons (Fsp3) is 0.211. The number of carbonyl (C=O) groups excluding carboxylic acids is 1. The van der Waals surface area contributed by atoms with Crippen molar-refractivity contribution in [2.45, 2.75) is 13.1 Å². The Morgan fingerprint density at radius 2 is 1.92 bits per heavy atom. The van der Waals surface area contributed by atoms with E-state index in [1.54, 1.807) is 37.5 Å². The second-order valence-corrected chi connectivity index (χ2v) is 6.06. The predicted molar refractivity (Wildman–Crippen MR) is 95.3 cm³/mol. The third kappa shape index (κ3) is 4.03. The average Bonchev–Trinajstić information content (AvgIpc) is 3.04. The summed E-state index contributed by atoms with van der Waals surface area (Å²) in [6.45, 7) is 1.12. The number of benzene rings is 1. The molecular formula is C19H20N4O2. The van der Waals surface area contributed by atoms with Gasteiger partial charge in [-0.25, -0.2) is 0 Å². The highest BCUT2D eigenvalue weighted by molar-refractivity contribution is 5.93. The summed E-state index contributed by atoms with van der Waals surface area (Å²) in [4.78, 5) is 25.7. The lowest BCUT2D eigenvalue weighted by Crippen LogP contribution is -2.28. The highest BCUT2D eigenvalue weighted by Crippen LogP contribution is 2.08. The van der Waals surface area contributed by atoms with Crippen LogP contribution in [0.5, 0.6) is 0 Å². The molecule has 128 valence electrons. The molecule has 0 N–H and O–H groups in total. The largest absolute Gasteiger partial charge is 0.337 e. The van der Waals surface area contributed by atoms with E-state index in [2.05, 4.69) is 5.10 Å². The van der Waals surface area contributed by atoms with Crippen molar-refractivity contribution < 1.29 is 4.79 Å². The maximum Gasteiger partial charge on any atom is 0.254 e. The number of carbonyl (C=O) groups is 1. The van der Waals surface area contributed by atoms with Gasteiger partial charge in [-0.2, -0.15) is 5.10 Å². The van der Waals surface area contributed by atoms with E-state index in [9.17, 15) is 9.59 Å². The van der Waals surface area contributed by atoms with Gasteiger partial charge in [-0.3, -0.25) is 14.3 Å². The third-order valence-electron chi connectivity index (χ3n) is 3.99. The molecule has 0 aliphatic heterocycles. The first-order valence-electron chi connectivity index (χ1n) is 8.00. The van der Waals surface area contributed by atoms with Gasteiger partial charge in [-0.15, -0.1) is 0 Å². The molecule has 0 aliphatic rings. The summed E-state index contributed by atoms with van der Waals surface area (Å²) in [5, 5.41) is 4.35. The number of nitrogens with zero attached hydrogens (tertiary/aromatic N) is 4. The lowest BCUT2D eigenvalue weighted by Gasteiger charge is -2.16. The van der Waals surface area contributed by atoms with E-state index in [4.69, 9.17) is 0 Å². The van der Waals surface area contributed by atoms with Gasteiger partial charge in [0.15, 0.2) is 0 Å². The lowest BCUT2D eigenvalue weighted by atomic mass is 10.2. The fourth-order valence-electron chi connectivity index (χ4n) is 2.59. The maximum absolute atomic E-state index is 12.5. The first-order chi connectivity index (χ1) is 12.0. The topological polar surface area (TPSA) is 60.1 Å². The van der Waals surface area contributed by atoms with Crippen molar-refractivity contribution in [2.75, 3.05) is 7.05 Å². The summed E-state index contributed by atoms with van der Waals surface area (Å²) >= 11 is 0. The summed E-state index contributed by atoms with van der Waals surface area (Å²) in [7, 11) is 3.37. The molecule has 0 radical (unpaired) electrons. The SMILES string of the molecule is CN(Cc1cnn(Cc2ccccc2)c1)C(=O)c1ccn(C)c(=O)c1. The van der Waals surface area contributed by atoms with Crippen LogP contribution in [0.4, 0.5) is 0 Å². The van der Waals surface area contributed by atoms with Crippen molar-refractivity contribution in [1.29, 1.82) is 0 Å². The molecule has 0 aliphatic carbocycles. The van der Waals surface area contributed by atoms with Crippen molar-refractivity contribution in [3.63, 3.8) is 0 Å². The number of pyridine rings is 1. The highest BCUT2D eigenvalue weighted by Gasteiger charge is 2.13. The van der Waals surface area contributed by atoms with Crippen LogP contribution in [0.25, 0.3) is 0 Å². The zero-order chi connectivity index (χ0) is 17.8. The van der Waals surface area contributed by atoms with E-state index < -0.39 is 0 Å². The van der Waals surface area contributed by atoms with E-state index in [-0.39, 0.29) is 11.5 Å². The van der Waals surface area contributed by atoms with Crippen LogP contribution in [-0.2, 0) is 20.1 Å². The van der Waals surface area contributed by atoms with Gasteiger partial charge in [-0.05, 0) is 11.6 Å². The second-order valence-electron chi connectivity index (χ2n) is 6.06. The fourth-order valence-corrected chi connectivity index (χ4v) is 2.59. The van der Waals surface area contributed by atoms with E-state index in [0.29, 0.717) is 18.7 Å². The van der Waals surface area contributed by atoms with Crippen LogP contribution < -0.4 is 5.56 Å². The van der Waals surface area contributed by atoms with Crippen molar-refractivity contribution in [3.8, 4) is 0 Å². The van der Waals surface area contributed by atoms with Crippen molar-refractivity contribution >= 4 is 5.91 Å². The van der Waals surface area contributed by atoms with Crippen LogP contribution in [-0.4, -0.2) is 32.2 Å². The van der Waals surface area contributed by atoms with E-state index in [1.165, 1.54) is 16.2 Å². The first-order valence-corrected chi connectivity index (χ1v) is 8.00. The summed E-state index contributed by atoms with van der Waals surface area (Å²) in [5.41, 5.74) is 2.30. The minimum Gasteiger partial charge on any atom is -0.337 e. The lowest BCUT2D eigenvalue weighted by molar-refractivity contribution is 0.0784. The molecular weight excluding hydrogens is 316 g/mol. The molecule has 3 rings (SSSR count). The standard InChI is InChI=1S/C19H20N4O2/c1-21-9-8-17(10-18(21)24)19(25)22(2)12-16-11-20-23(14-16)13-15-6-4-3-5-7-15/h3-11,14H,12-13H2,1-2H3. The average molecular weight is 336 g/mol. The molecule has 1 amide bonds. The Kier molecular flexibility index (Phi) is 4.79. The number of aromatic nitrogens is 3. The summed E-state index contributed by atoms with van der Waals surface area (Å²) in [5.74, 6) is -0.187. The molecule has 0 unspecified atom stereocenters. The molecule has 6 nitrogen and oxygen atoms in total. The van der Waals surface area contributed by atoms with Crippen LogP contribution in [0.2, 0.25) is 0 Å². The second kappa shape index (κ2) is 7.17. The predicted octanol–water partition coefficient (Wildman–Crippen LogP) is 1.90. The summed E-state index contributed by atoms with van der Waals surface area (Å²) in [6, 6.07) is 13.1. The van der Waals surface area contributed by atoms with Crippen LogP contribution in [0.3, 0.4) is 0 Å². The molecule has 25 heavy (non-hydrogen) atoms.